The van der Waals surface area contributed by atoms with Gasteiger partial charge in [-0.25, -0.2) is 9.97 Å². The molecule has 2 aliphatic rings. The smallest absolute Gasteiger partial charge is 0.146 e. The molecule has 0 saturated carbocycles. The van der Waals surface area contributed by atoms with Crippen LogP contribution in [0.15, 0.2) is 0 Å². The number of nitrogens with zero attached hydrogens (tertiary/aromatic N) is 4. The van der Waals surface area contributed by atoms with Gasteiger partial charge in [-0.05, 0) is 72.3 Å². The summed E-state index contributed by atoms with van der Waals surface area (Å²) in [6, 6.07) is 0. The molecule has 154 valence electrons. The topological polar surface area (TPSA) is 53.5 Å². The molecule has 0 unspecified atom stereocenters. The van der Waals surface area contributed by atoms with E-state index in [0.29, 0.717) is 0 Å². The first kappa shape index (κ1) is 20.0. The quantitative estimate of drug-likeness (QED) is 0.798. The highest BCUT2D eigenvalue weighted by atomic mass is 32.1. The van der Waals surface area contributed by atoms with E-state index in [9.17, 15) is 0 Å². The summed E-state index contributed by atoms with van der Waals surface area (Å²) in [4.78, 5) is 17.2. The molecule has 2 fully saturated rings. The van der Waals surface area contributed by atoms with Gasteiger partial charge in [0, 0.05) is 30.2 Å². The fourth-order valence-corrected chi connectivity index (χ4v) is 5.46. The summed E-state index contributed by atoms with van der Waals surface area (Å²) in [5.74, 6) is 1.96. The van der Waals surface area contributed by atoms with Gasteiger partial charge in [0.1, 0.15) is 16.5 Å². The van der Waals surface area contributed by atoms with Crippen molar-refractivity contribution in [3.63, 3.8) is 0 Å². The number of rotatable bonds is 6. The molecule has 0 atom stereocenters. The maximum atomic E-state index is 5.63. The van der Waals surface area contributed by atoms with Crippen LogP contribution in [-0.4, -0.2) is 72.3 Å². The lowest BCUT2D eigenvalue weighted by Gasteiger charge is -2.43. The lowest BCUT2D eigenvalue weighted by molar-refractivity contribution is -0.000654. The Morgan fingerprint density at radius 1 is 1.14 bits per heavy atom. The van der Waals surface area contributed by atoms with Crippen LogP contribution in [0.3, 0.4) is 0 Å². The molecule has 2 saturated heterocycles. The Hall–Kier alpha value is -1.28. The minimum absolute atomic E-state index is 0.115. The average molecular weight is 404 g/mol. The highest BCUT2D eigenvalue weighted by molar-refractivity contribution is 7.18. The van der Waals surface area contributed by atoms with Crippen molar-refractivity contribution in [2.24, 2.45) is 0 Å². The summed E-state index contributed by atoms with van der Waals surface area (Å²) in [7, 11) is 4.36. The zero-order valence-corrected chi connectivity index (χ0v) is 18.5. The van der Waals surface area contributed by atoms with E-state index in [0.717, 1.165) is 68.7 Å². The molecule has 0 bridgehead atoms. The van der Waals surface area contributed by atoms with Gasteiger partial charge in [-0.1, -0.05) is 0 Å². The van der Waals surface area contributed by atoms with Crippen LogP contribution in [0, 0.1) is 13.8 Å². The highest BCUT2D eigenvalue weighted by Crippen LogP contribution is 2.34. The monoisotopic (exact) mass is 403 g/mol. The van der Waals surface area contributed by atoms with Crippen LogP contribution in [0.25, 0.3) is 10.2 Å². The molecule has 28 heavy (non-hydrogen) atoms. The van der Waals surface area contributed by atoms with Crippen molar-refractivity contribution in [3.8, 4) is 0 Å². The number of anilines is 1. The fourth-order valence-electron chi connectivity index (χ4n) is 4.41. The number of likely N-dealkylation sites (tertiary alicyclic amines) is 1. The predicted molar refractivity (Wildman–Crippen MR) is 116 cm³/mol. The zero-order valence-electron chi connectivity index (χ0n) is 17.7. The van der Waals surface area contributed by atoms with Gasteiger partial charge in [0.2, 0.25) is 0 Å². The van der Waals surface area contributed by atoms with Gasteiger partial charge in [-0.3, -0.25) is 4.90 Å². The van der Waals surface area contributed by atoms with E-state index in [4.69, 9.17) is 14.7 Å². The number of fused-ring (bicyclic) bond motifs is 1. The zero-order chi connectivity index (χ0) is 19.7. The Morgan fingerprint density at radius 2 is 1.86 bits per heavy atom. The van der Waals surface area contributed by atoms with E-state index >= 15 is 0 Å². The molecule has 0 radical (unpaired) electrons. The second-order valence-corrected chi connectivity index (χ2v) is 9.72. The highest BCUT2D eigenvalue weighted by Gasteiger charge is 2.35. The first-order chi connectivity index (χ1) is 13.5. The summed E-state index contributed by atoms with van der Waals surface area (Å²) in [5.41, 5.74) is 1.42. The van der Waals surface area contributed by atoms with Crippen molar-refractivity contribution in [2.75, 3.05) is 52.3 Å². The normalized spacial score (nSPS) is 20.3. The van der Waals surface area contributed by atoms with Crippen molar-refractivity contribution in [1.29, 1.82) is 0 Å². The van der Waals surface area contributed by atoms with Crippen LogP contribution in [0.1, 0.15) is 41.9 Å². The van der Waals surface area contributed by atoms with Gasteiger partial charge in [-0.2, -0.15) is 0 Å². The maximum Gasteiger partial charge on any atom is 0.146 e. The van der Waals surface area contributed by atoms with Crippen LogP contribution < -0.4 is 5.32 Å². The third-order valence-electron chi connectivity index (χ3n) is 6.60. The van der Waals surface area contributed by atoms with E-state index in [1.165, 1.54) is 28.7 Å². The number of aryl methyl sites for hydroxylation is 2. The third kappa shape index (κ3) is 3.90. The number of thiophene rings is 1. The molecule has 2 aromatic heterocycles. The Bertz CT molecular complexity index is 822. The third-order valence-corrected chi connectivity index (χ3v) is 7.70. The summed E-state index contributed by atoms with van der Waals surface area (Å²) in [6.45, 7) is 10.1. The van der Waals surface area contributed by atoms with Crippen LogP contribution in [-0.2, 0) is 11.3 Å². The SMILES string of the molecule is Cc1sc2nc(CN3CCCC3)nc(NCC3(N(C)C)CCOCC3)c2c1C. The Balaban J connectivity index is 1.63. The number of hydrogen-bond donors (Lipinski definition) is 1. The van der Waals surface area contributed by atoms with Crippen molar-refractivity contribution >= 4 is 27.4 Å². The van der Waals surface area contributed by atoms with E-state index in [2.05, 4.69) is 43.1 Å². The van der Waals surface area contributed by atoms with Crippen molar-refractivity contribution in [2.45, 2.75) is 51.6 Å². The van der Waals surface area contributed by atoms with E-state index in [1.54, 1.807) is 11.3 Å². The van der Waals surface area contributed by atoms with Crippen molar-refractivity contribution in [3.05, 3.63) is 16.3 Å². The van der Waals surface area contributed by atoms with Crippen LogP contribution >= 0.6 is 11.3 Å². The molecule has 0 aromatic carbocycles. The lowest BCUT2D eigenvalue weighted by atomic mass is 9.88. The van der Waals surface area contributed by atoms with Gasteiger partial charge in [0.15, 0.2) is 0 Å². The summed E-state index contributed by atoms with van der Waals surface area (Å²) in [5, 5.41) is 4.94. The maximum absolute atomic E-state index is 5.63. The van der Waals surface area contributed by atoms with E-state index in [1.807, 2.05) is 0 Å². The van der Waals surface area contributed by atoms with E-state index in [-0.39, 0.29) is 5.54 Å². The molecule has 2 aromatic rings. The average Bonchev–Trinajstić information content (AvgIpc) is 3.29. The van der Waals surface area contributed by atoms with Gasteiger partial charge in [-0.15, -0.1) is 11.3 Å². The first-order valence-electron chi connectivity index (χ1n) is 10.5. The Kier molecular flexibility index (Phi) is 5.88. The van der Waals surface area contributed by atoms with Crippen molar-refractivity contribution < 1.29 is 4.74 Å². The Morgan fingerprint density at radius 3 is 2.54 bits per heavy atom. The fraction of sp³-hybridized carbons (Fsp3) is 0.714. The van der Waals surface area contributed by atoms with E-state index < -0.39 is 0 Å². The van der Waals surface area contributed by atoms with Gasteiger partial charge in [0.05, 0.1) is 11.9 Å². The second kappa shape index (κ2) is 8.22. The van der Waals surface area contributed by atoms with Crippen LogP contribution in [0.2, 0.25) is 0 Å². The standard InChI is InChI=1S/C21H33N5OS/c1-15-16(2)28-20-18(15)19(23-17(24-20)13-26-9-5-6-10-26)22-14-21(25(3)4)7-11-27-12-8-21/h5-14H2,1-4H3,(H,22,23,24). The number of ether oxygens (including phenoxy) is 1. The summed E-state index contributed by atoms with van der Waals surface area (Å²) >= 11 is 1.79. The second-order valence-electron chi connectivity index (χ2n) is 8.52. The minimum atomic E-state index is 0.115. The van der Waals surface area contributed by atoms with Crippen LogP contribution in [0.5, 0.6) is 0 Å². The Labute approximate surface area is 172 Å². The summed E-state index contributed by atoms with van der Waals surface area (Å²) < 4.78 is 5.63. The number of nitrogens with one attached hydrogen (secondary N) is 1. The molecule has 0 amide bonds. The number of likely N-dealkylation sites (N-methyl/N-ethyl adjacent to an activating group) is 1. The molecule has 6 nitrogen and oxygen atoms in total. The van der Waals surface area contributed by atoms with Gasteiger partial charge >= 0.3 is 0 Å². The molecule has 2 aliphatic heterocycles. The molecular weight excluding hydrogens is 370 g/mol. The molecule has 4 rings (SSSR count). The molecule has 0 spiro atoms. The summed E-state index contributed by atoms with van der Waals surface area (Å²) in [6.07, 6.45) is 4.67. The van der Waals surface area contributed by atoms with Crippen LogP contribution in [0.4, 0.5) is 5.82 Å². The van der Waals surface area contributed by atoms with Gasteiger partial charge in [0.25, 0.3) is 0 Å². The molecular formula is C21H33N5OS. The molecule has 7 heteroatoms. The first-order valence-corrected chi connectivity index (χ1v) is 11.3. The largest absolute Gasteiger partial charge is 0.381 e. The number of hydrogen-bond acceptors (Lipinski definition) is 7. The molecule has 0 aliphatic carbocycles. The predicted octanol–water partition coefficient (Wildman–Crippen LogP) is 3.43. The van der Waals surface area contributed by atoms with Crippen molar-refractivity contribution in [1.82, 2.24) is 19.8 Å². The van der Waals surface area contributed by atoms with Gasteiger partial charge < -0.3 is 15.0 Å². The molecule has 4 heterocycles. The molecule has 1 N–H and O–H groups in total. The number of aromatic nitrogens is 2. The lowest BCUT2D eigenvalue weighted by Crippen LogP contribution is -2.53. The minimum Gasteiger partial charge on any atom is -0.381 e.